The van der Waals surface area contributed by atoms with Gasteiger partial charge in [0.1, 0.15) is 5.56 Å². The van der Waals surface area contributed by atoms with E-state index < -0.39 is 10.8 Å². The van der Waals surface area contributed by atoms with Crippen LogP contribution in [0.5, 0.6) is 0 Å². The number of pyridine rings is 1. The molecule has 0 saturated heterocycles. The van der Waals surface area contributed by atoms with Crippen LogP contribution in [-0.4, -0.2) is 44.8 Å². The Bertz CT molecular complexity index is 846. The first kappa shape index (κ1) is 23.2. The summed E-state index contributed by atoms with van der Waals surface area (Å²) in [6.45, 7) is 7.88. The SMILES string of the molecule is C=CCN(CC=C)C(=O)C(Cl)Cl.O=C(O)c1c(Cl)ccc2cc(Cl)cnc12. The number of carboxylic acid groups (broad SMARTS) is 1. The fraction of sp³-hybridized carbons (Fsp3) is 0.167. The maximum absolute atomic E-state index is 11.2. The van der Waals surface area contributed by atoms with Gasteiger partial charge in [0.2, 0.25) is 0 Å². The van der Waals surface area contributed by atoms with E-state index in [-0.39, 0.29) is 16.5 Å². The molecule has 9 heteroatoms. The highest BCUT2D eigenvalue weighted by molar-refractivity contribution is 6.53. The lowest BCUT2D eigenvalue weighted by atomic mass is 10.1. The summed E-state index contributed by atoms with van der Waals surface area (Å²) in [6.07, 6.45) is 4.61. The molecule has 0 saturated carbocycles. The van der Waals surface area contributed by atoms with E-state index >= 15 is 0 Å². The average molecular weight is 450 g/mol. The van der Waals surface area contributed by atoms with E-state index in [1.54, 1.807) is 24.3 Å². The van der Waals surface area contributed by atoms with Crippen LogP contribution >= 0.6 is 46.4 Å². The molecule has 0 aliphatic heterocycles. The number of carbonyl (C=O) groups excluding carboxylic acids is 1. The Morgan fingerprint density at radius 2 is 1.78 bits per heavy atom. The average Bonchev–Trinajstić information content (AvgIpc) is 2.61. The number of hydrogen-bond donors (Lipinski definition) is 1. The molecule has 0 fully saturated rings. The molecule has 0 bridgehead atoms. The Balaban J connectivity index is 0.000000279. The van der Waals surface area contributed by atoms with Crippen molar-refractivity contribution in [3.05, 3.63) is 65.3 Å². The second-order valence-electron chi connectivity index (χ2n) is 5.07. The van der Waals surface area contributed by atoms with Crippen LogP contribution in [0.15, 0.2) is 49.7 Å². The lowest BCUT2D eigenvalue weighted by Gasteiger charge is -2.19. The summed E-state index contributed by atoms with van der Waals surface area (Å²) in [5.74, 6) is -1.42. The Morgan fingerprint density at radius 3 is 2.26 bits per heavy atom. The predicted octanol–water partition coefficient (Wildman–Crippen LogP) is 5.23. The zero-order chi connectivity index (χ0) is 20.6. The number of rotatable bonds is 6. The molecule has 1 N–H and O–H groups in total. The Hall–Kier alpha value is -1.79. The second-order valence-corrected chi connectivity index (χ2v) is 7.01. The standard InChI is InChI=1S/C10H5Cl2NO2.C8H11Cl2NO/c11-6-3-5-1-2-7(12)8(10(14)15)9(5)13-4-6;1-3-5-11(6-4-2)8(12)7(9)10/h1-4H,(H,14,15);3-4,7H,1-2,5-6H2. The van der Waals surface area contributed by atoms with Gasteiger partial charge < -0.3 is 10.0 Å². The minimum atomic E-state index is -1.10. The molecule has 5 nitrogen and oxygen atoms in total. The molecule has 1 heterocycles. The number of amides is 1. The molecule has 2 aromatic rings. The summed E-state index contributed by atoms with van der Waals surface area (Å²) in [6, 6.07) is 4.85. The third-order valence-corrected chi connectivity index (χ3v) is 4.07. The molecule has 27 heavy (non-hydrogen) atoms. The van der Waals surface area contributed by atoms with Crippen LogP contribution in [0.3, 0.4) is 0 Å². The molecule has 0 aliphatic rings. The minimum Gasteiger partial charge on any atom is -0.478 e. The topological polar surface area (TPSA) is 70.5 Å². The highest BCUT2D eigenvalue weighted by Gasteiger charge is 2.17. The number of alkyl halides is 2. The molecule has 1 amide bonds. The summed E-state index contributed by atoms with van der Waals surface area (Å²) in [4.78, 5) is 26.6. The fourth-order valence-corrected chi connectivity index (χ4v) is 2.73. The van der Waals surface area contributed by atoms with Crippen LogP contribution in [0.4, 0.5) is 0 Å². The predicted molar refractivity (Wildman–Crippen MR) is 111 cm³/mol. The van der Waals surface area contributed by atoms with Gasteiger partial charge in [-0.1, -0.05) is 64.6 Å². The van der Waals surface area contributed by atoms with Gasteiger partial charge >= 0.3 is 5.97 Å². The van der Waals surface area contributed by atoms with Crippen molar-refractivity contribution in [3.63, 3.8) is 0 Å². The number of aromatic nitrogens is 1. The second kappa shape index (κ2) is 11.1. The van der Waals surface area contributed by atoms with E-state index in [9.17, 15) is 9.59 Å². The van der Waals surface area contributed by atoms with Gasteiger partial charge in [0.05, 0.1) is 15.6 Å². The van der Waals surface area contributed by atoms with E-state index in [1.165, 1.54) is 17.2 Å². The summed E-state index contributed by atoms with van der Waals surface area (Å²) in [5.41, 5.74) is 0.352. The van der Waals surface area contributed by atoms with Crippen LogP contribution in [0.2, 0.25) is 10.0 Å². The number of aromatic carboxylic acids is 1. The summed E-state index contributed by atoms with van der Waals surface area (Å²) in [7, 11) is 0. The van der Waals surface area contributed by atoms with Gasteiger partial charge in [-0.05, 0) is 12.1 Å². The highest BCUT2D eigenvalue weighted by atomic mass is 35.5. The van der Waals surface area contributed by atoms with Crippen LogP contribution in [-0.2, 0) is 4.79 Å². The van der Waals surface area contributed by atoms with Crippen molar-refractivity contribution in [2.75, 3.05) is 13.1 Å². The van der Waals surface area contributed by atoms with E-state index in [0.717, 1.165) is 0 Å². The molecule has 0 spiro atoms. The Labute approximate surface area is 176 Å². The largest absolute Gasteiger partial charge is 0.478 e. The number of benzene rings is 1. The highest BCUT2D eigenvalue weighted by Crippen LogP contribution is 2.26. The normalized spacial score (nSPS) is 10.1. The van der Waals surface area contributed by atoms with Crippen molar-refractivity contribution in [2.24, 2.45) is 0 Å². The van der Waals surface area contributed by atoms with Crippen molar-refractivity contribution in [1.82, 2.24) is 9.88 Å². The van der Waals surface area contributed by atoms with Gasteiger partial charge in [-0.15, -0.1) is 13.2 Å². The third-order valence-electron chi connectivity index (χ3n) is 3.18. The molecule has 144 valence electrons. The van der Waals surface area contributed by atoms with E-state index in [4.69, 9.17) is 51.5 Å². The summed E-state index contributed by atoms with van der Waals surface area (Å²) in [5, 5.41) is 10.3. The Morgan fingerprint density at radius 1 is 1.19 bits per heavy atom. The number of nitrogens with zero attached hydrogens (tertiary/aromatic N) is 2. The molecule has 0 unspecified atom stereocenters. The van der Waals surface area contributed by atoms with Gasteiger partial charge in [0, 0.05) is 24.7 Å². The van der Waals surface area contributed by atoms with E-state index in [2.05, 4.69) is 18.1 Å². The van der Waals surface area contributed by atoms with Gasteiger partial charge in [-0.25, -0.2) is 4.79 Å². The van der Waals surface area contributed by atoms with Gasteiger partial charge in [0.25, 0.3) is 5.91 Å². The van der Waals surface area contributed by atoms with Crippen molar-refractivity contribution in [2.45, 2.75) is 4.84 Å². The van der Waals surface area contributed by atoms with Crippen LogP contribution in [0, 0.1) is 0 Å². The zero-order valence-corrected chi connectivity index (χ0v) is 17.1. The first-order valence-electron chi connectivity index (χ1n) is 7.48. The number of carboxylic acids is 1. The molecule has 0 radical (unpaired) electrons. The first-order valence-corrected chi connectivity index (χ1v) is 9.11. The van der Waals surface area contributed by atoms with E-state index in [0.29, 0.717) is 29.0 Å². The van der Waals surface area contributed by atoms with E-state index in [1.807, 2.05) is 0 Å². The maximum Gasteiger partial charge on any atom is 0.339 e. The van der Waals surface area contributed by atoms with Gasteiger partial charge in [-0.2, -0.15) is 0 Å². The maximum atomic E-state index is 11.2. The molecule has 0 aliphatic carbocycles. The number of fused-ring (bicyclic) bond motifs is 1. The zero-order valence-electron chi connectivity index (χ0n) is 14.0. The Kier molecular flexibility index (Phi) is 9.60. The van der Waals surface area contributed by atoms with Crippen molar-refractivity contribution in [3.8, 4) is 0 Å². The van der Waals surface area contributed by atoms with Crippen LogP contribution < -0.4 is 0 Å². The molecule has 1 aromatic heterocycles. The van der Waals surface area contributed by atoms with Gasteiger partial charge in [0.15, 0.2) is 4.84 Å². The third kappa shape index (κ3) is 6.70. The molecular formula is C18H16Cl4N2O3. The lowest BCUT2D eigenvalue weighted by molar-refractivity contribution is -0.128. The van der Waals surface area contributed by atoms with Gasteiger partial charge in [-0.3, -0.25) is 9.78 Å². The van der Waals surface area contributed by atoms with Crippen LogP contribution in [0.25, 0.3) is 10.9 Å². The van der Waals surface area contributed by atoms with Crippen LogP contribution in [0.1, 0.15) is 10.4 Å². The summed E-state index contributed by atoms with van der Waals surface area (Å²) < 4.78 is 0. The minimum absolute atomic E-state index is 0.00540. The number of carbonyl (C=O) groups is 2. The summed E-state index contributed by atoms with van der Waals surface area (Å²) >= 11 is 22.3. The molecular weight excluding hydrogens is 434 g/mol. The fourth-order valence-electron chi connectivity index (χ4n) is 2.06. The van der Waals surface area contributed by atoms with Crippen molar-refractivity contribution in [1.29, 1.82) is 0 Å². The monoisotopic (exact) mass is 448 g/mol. The smallest absolute Gasteiger partial charge is 0.339 e. The first-order chi connectivity index (χ1) is 12.7. The molecule has 2 rings (SSSR count). The quantitative estimate of drug-likeness (QED) is 0.484. The molecule has 0 atom stereocenters. The lowest BCUT2D eigenvalue weighted by Crippen LogP contribution is -2.35. The van der Waals surface area contributed by atoms with Crippen molar-refractivity contribution < 1.29 is 14.7 Å². The molecule has 1 aromatic carbocycles. The number of hydrogen-bond acceptors (Lipinski definition) is 3. The van der Waals surface area contributed by atoms with Crippen molar-refractivity contribution >= 4 is 69.2 Å². The number of halogens is 4.